The van der Waals surface area contributed by atoms with E-state index in [0.717, 1.165) is 0 Å². The second-order valence-electron chi connectivity index (χ2n) is 3.77. The molecule has 0 saturated heterocycles. The summed E-state index contributed by atoms with van der Waals surface area (Å²) in [6.07, 6.45) is 1.76. The molecule has 1 amide bonds. The van der Waals surface area contributed by atoms with Crippen LogP contribution in [0.4, 0.5) is 0 Å². The highest BCUT2D eigenvalue weighted by atomic mass is 16.5. The van der Waals surface area contributed by atoms with Gasteiger partial charge < -0.3 is 14.7 Å². The Morgan fingerprint density at radius 1 is 1.18 bits per heavy atom. The number of carboxylic acids is 1. The van der Waals surface area contributed by atoms with E-state index in [-0.39, 0.29) is 12.3 Å². The molecule has 0 aromatic carbocycles. The van der Waals surface area contributed by atoms with Crippen LogP contribution in [0.2, 0.25) is 0 Å². The first-order valence-corrected chi connectivity index (χ1v) is 6.19. The zero-order valence-electron chi connectivity index (χ0n) is 10.8. The molecule has 5 heteroatoms. The Labute approximate surface area is 103 Å². The molecule has 0 aliphatic carbocycles. The number of carboxylic acid groups (broad SMARTS) is 1. The Hall–Kier alpha value is -1.10. The molecule has 0 aliphatic heterocycles. The minimum absolute atomic E-state index is 0.0811. The van der Waals surface area contributed by atoms with Crippen molar-refractivity contribution in [2.45, 2.75) is 39.5 Å². The standard InChI is InChI=1S/C12H23NO4/c1-3-13(9-10-17-4-2)11(14)7-5-6-8-12(15)16/h3-10H2,1-2H3,(H,15,16). The summed E-state index contributed by atoms with van der Waals surface area (Å²) in [5, 5.41) is 8.47. The molecular formula is C12H23NO4. The van der Waals surface area contributed by atoms with Crippen LogP contribution in [-0.4, -0.2) is 48.2 Å². The summed E-state index contributed by atoms with van der Waals surface area (Å²) >= 11 is 0. The van der Waals surface area contributed by atoms with E-state index in [9.17, 15) is 9.59 Å². The highest BCUT2D eigenvalue weighted by Gasteiger charge is 2.10. The number of hydrogen-bond acceptors (Lipinski definition) is 3. The summed E-state index contributed by atoms with van der Waals surface area (Å²) in [6.45, 7) is 6.35. The predicted molar refractivity (Wildman–Crippen MR) is 64.9 cm³/mol. The molecule has 0 atom stereocenters. The molecule has 0 bridgehead atoms. The minimum Gasteiger partial charge on any atom is -0.481 e. The molecule has 0 heterocycles. The van der Waals surface area contributed by atoms with Gasteiger partial charge >= 0.3 is 5.97 Å². The quantitative estimate of drug-likeness (QED) is 0.592. The Morgan fingerprint density at radius 2 is 1.82 bits per heavy atom. The predicted octanol–water partition coefficient (Wildman–Crippen LogP) is 1.52. The smallest absolute Gasteiger partial charge is 0.303 e. The number of hydrogen-bond donors (Lipinski definition) is 1. The van der Waals surface area contributed by atoms with E-state index in [1.165, 1.54) is 0 Å². The van der Waals surface area contributed by atoms with Crippen molar-refractivity contribution in [1.29, 1.82) is 0 Å². The molecule has 0 spiro atoms. The summed E-state index contributed by atoms with van der Waals surface area (Å²) in [5.41, 5.74) is 0. The van der Waals surface area contributed by atoms with Crippen LogP contribution >= 0.6 is 0 Å². The lowest BCUT2D eigenvalue weighted by atomic mass is 10.2. The SMILES string of the molecule is CCOCCN(CC)C(=O)CCCCC(=O)O. The van der Waals surface area contributed by atoms with Crippen molar-refractivity contribution in [3.05, 3.63) is 0 Å². The molecule has 1 N–H and O–H groups in total. The van der Waals surface area contributed by atoms with E-state index < -0.39 is 5.97 Å². The first kappa shape index (κ1) is 15.9. The third-order valence-electron chi connectivity index (χ3n) is 2.48. The molecule has 0 unspecified atom stereocenters. The van der Waals surface area contributed by atoms with Crippen LogP contribution in [0, 0.1) is 0 Å². The fraction of sp³-hybridized carbons (Fsp3) is 0.833. The van der Waals surface area contributed by atoms with Crippen molar-refractivity contribution >= 4 is 11.9 Å². The van der Waals surface area contributed by atoms with Gasteiger partial charge in [-0.2, -0.15) is 0 Å². The number of carbonyl (C=O) groups is 2. The lowest BCUT2D eigenvalue weighted by Crippen LogP contribution is -2.33. The zero-order valence-corrected chi connectivity index (χ0v) is 10.8. The van der Waals surface area contributed by atoms with E-state index in [2.05, 4.69) is 0 Å². The van der Waals surface area contributed by atoms with Gasteiger partial charge in [0, 0.05) is 32.5 Å². The van der Waals surface area contributed by atoms with E-state index in [1.54, 1.807) is 4.90 Å². The first-order valence-electron chi connectivity index (χ1n) is 6.19. The van der Waals surface area contributed by atoms with Crippen LogP contribution < -0.4 is 0 Å². The van der Waals surface area contributed by atoms with Gasteiger partial charge in [-0.25, -0.2) is 0 Å². The normalized spacial score (nSPS) is 10.2. The second kappa shape index (κ2) is 10.1. The van der Waals surface area contributed by atoms with Gasteiger partial charge in [0.2, 0.25) is 5.91 Å². The number of nitrogens with zero attached hydrogens (tertiary/aromatic N) is 1. The zero-order chi connectivity index (χ0) is 13.1. The van der Waals surface area contributed by atoms with Gasteiger partial charge in [-0.3, -0.25) is 9.59 Å². The maximum Gasteiger partial charge on any atom is 0.303 e. The summed E-state index contributed by atoms with van der Waals surface area (Å²) in [5.74, 6) is -0.723. The lowest BCUT2D eigenvalue weighted by molar-refractivity contribution is -0.137. The second-order valence-corrected chi connectivity index (χ2v) is 3.77. The van der Waals surface area contributed by atoms with Gasteiger partial charge in [0.25, 0.3) is 0 Å². The molecule has 0 fully saturated rings. The van der Waals surface area contributed by atoms with Gasteiger partial charge in [-0.1, -0.05) is 0 Å². The van der Waals surface area contributed by atoms with Gasteiger partial charge in [0.05, 0.1) is 6.61 Å². The number of unbranched alkanes of at least 4 members (excludes halogenated alkanes) is 1. The third kappa shape index (κ3) is 8.68. The molecular weight excluding hydrogens is 222 g/mol. The van der Waals surface area contributed by atoms with E-state index >= 15 is 0 Å². The van der Waals surface area contributed by atoms with Crippen molar-refractivity contribution < 1.29 is 19.4 Å². The first-order chi connectivity index (χ1) is 8.11. The maximum absolute atomic E-state index is 11.7. The molecule has 0 radical (unpaired) electrons. The molecule has 0 aromatic rings. The van der Waals surface area contributed by atoms with E-state index in [0.29, 0.717) is 45.6 Å². The highest BCUT2D eigenvalue weighted by Crippen LogP contribution is 2.03. The molecule has 5 nitrogen and oxygen atoms in total. The summed E-state index contributed by atoms with van der Waals surface area (Å²) in [4.78, 5) is 23.8. The van der Waals surface area contributed by atoms with Crippen LogP contribution in [0.25, 0.3) is 0 Å². The van der Waals surface area contributed by atoms with Crippen LogP contribution in [0.3, 0.4) is 0 Å². The van der Waals surface area contributed by atoms with E-state index in [4.69, 9.17) is 9.84 Å². The molecule has 0 rings (SSSR count). The average molecular weight is 245 g/mol. The van der Waals surface area contributed by atoms with Crippen LogP contribution in [-0.2, 0) is 14.3 Å². The number of ether oxygens (including phenoxy) is 1. The molecule has 100 valence electrons. The largest absolute Gasteiger partial charge is 0.481 e. The Bertz CT molecular complexity index is 231. The van der Waals surface area contributed by atoms with Crippen molar-refractivity contribution in [3.8, 4) is 0 Å². The number of carbonyl (C=O) groups excluding carboxylic acids is 1. The minimum atomic E-state index is -0.804. The number of aliphatic carboxylic acids is 1. The number of rotatable bonds is 10. The summed E-state index contributed by atoms with van der Waals surface area (Å²) < 4.78 is 5.20. The Kier molecular flexibility index (Phi) is 9.43. The molecule has 17 heavy (non-hydrogen) atoms. The fourth-order valence-corrected chi connectivity index (χ4v) is 1.49. The number of likely N-dealkylation sites (N-methyl/N-ethyl adjacent to an activating group) is 1. The van der Waals surface area contributed by atoms with Gasteiger partial charge in [0.15, 0.2) is 0 Å². The monoisotopic (exact) mass is 245 g/mol. The van der Waals surface area contributed by atoms with Gasteiger partial charge in [0.1, 0.15) is 0 Å². The maximum atomic E-state index is 11.7. The van der Waals surface area contributed by atoms with Crippen molar-refractivity contribution in [1.82, 2.24) is 4.90 Å². The van der Waals surface area contributed by atoms with Crippen LogP contribution in [0.5, 0.6) is 0 Å². The van der Waals surface area contributed by atoms with Crippen molar-refractivity contribution in [2.75, 3.05) is 26.3 Å². The van der Waals surface area contributed by atoms with Crippen molar-refractivity contribution in [3.63, 3.8) is 0 Å². The molecule has 0 saturated carbocycles. The van der Waals surface area contributed by atoms with E-state index in [1.807, 2.05) is 13.8 Å². The molecule has 0 aliphatic rings. The third-order valence-corrected chi connectivity index (χ3v) is 2.48. The Balaban J connectivity index is 3.71. The highest BCUT2D eigenvalue weighted by molar-refractivity contribution is 5.76. The van der Waals surface area contributed by atoms with Gasteiger partial charge in [-0.05, 0) is 26.7 Å². The molecule has 0 aromatic heterocycles. The van der Waals surface area contributed by atoms with Crippen LogP contribution in [0.1, 0.15) is 39.5 Å². The lowest BCUT2D eigenvalue weighted by Gasteiger charge is -2.20. The van der Waals surface area contributed by atoms with Crippen molar-refractivity contribution in [2.24, 2.45) is 0 Å². The van der Waals surface area contributed by atoms with Gasteiger partial charge in [-0.15, -0.1) is 0 Å². The summed E-state index contributed by atoms with van der Waals surface area (Å²) in [7, 11) is 0. The number of amides is 1. The van der Waals surface area contributed by atoms with Crippen LogP contribution in [0.15, 0.2) is 0 Å². The Morgan fingerprint density at radius 3 is 2.35 bits per heavy atom. The fourth-order valence-electron chi connectivity index (χ4n) is 1.49. The average Bonchev–Trinajstić information content (AvgIpc) is 2.30. The topological polar surface area (TPSA) is 66.8 Å². The summed E-state index contributed by atoms with van der Waals surface area (Å²) in [6, 6.07) is 0.